The number of carbonyl (C=O) groups excluding carboxylic acids is 2. The molecule has 2 rings (SSSR count). The summed E-state index contributed by atoms with van der Waals surface area (Å²) >= 11 is 0. The summed E-state index contributed by atoms with van der Waals surface area (Å²) in [6.45, 7) is 1.39. The zero-order chi connectivity index (χ0) is 16.1. The van der Waals surface area contributed by atoms with Gasteiger partial charge in [0.1, 0.15) is 0 Å². The molecule has 1 aliphatic heterocycles. The molecule has 0 saturated carbocycles. The van der Waals surface area contributed by atoms with Crippen LogP contribution in [0.4, 0.5) is 4.39 Å². The third kappa shape index (κ3) is 3.73. The zero-order valence-corrected chi connectivity index (χ0v) is 12.6. The number of nitrogens with one attached hydrogen (secondary N) is 1. The molecule has 0 aromatic heterocycles. The van der Waals surface area contributed by atoms with Gasteiger partial charge in [-0.1, -0.05) is 0 Å². The van der Waals surface area contributed by atoms with Gasteiger partial charge in [0.25, 0.3) is 5.91 Å². The first-order chi connectivity index (χ1) is 10.5. The summed E-state index contributed by atoms with van der Waals surface area (Å²) in [4.78, 5) is 25.5. The maximum atomic E-state index is 13.6. The first-order valence-corrected chi connectivity index (χ1v) is 6.96. The minimum Gasteiger partial charge on any atom is -0.494 e. The summed E-state index contributed by atoms with van der Waals surface area (Å²) in [5, 5.41) is 2.75. The summed E-state index contributed by atoms with van der Waals surface area (Å²) in [7, 11) is 2.93. The standard InChI is InChI=1S/C15H19FN2O4/c1-21-6-5-18-9-11(8-14(18)19)17-15(20)10-3-4-13(22-2)12(16)7-10/h3-4,7,11H,5-6,8-9H2,1-2H3,(H,17,20)/t11-/m1/s1. The Morgan fingerprint density at radius 3 is 2.86 bits per heavy atom. The topological polar surface area (TPSA) is 67.9 Å². The Hall–Kier alpha value is -2.15. The Morgan fingerprint density at radius 2 is 2.23 bits per heavy atom. The molecule has 1 heterocycles. The number of amides is 2. The summed E-state index contributed by atoms with van der Waals surface area (Å²) in [6, 6.07) is 3.72. The van der Waals surface area contributed by atoms with Gasteiger partial charge >= 0.3 is 0 Å². The fourth-order valence-corrected chi connectivity index (χ4v) is 2.36. The van der Waals surface area contributed by atoms with E-state index in [2.05, 4.69) is 5.32 Å². The van der Waals surface area contributed by atoms with Crippen molar-refractivity contribution in [3.63, 3.8) is 0 Å². The highest BCUT2D eigenvalue weighted by Crippen LogP contribution is 2.18. The molecule has 7 heteroatoms. The molecule has 0 bridgehead atoms. The lowest BCUT2D eigenvalue weighted by Crippen LogP contribution is -2.37. The molecule has 6 nitrogen and oxygen atoms in total. The fourth-order valence-electron chi connectivity index (χ4n) is 2.36. The van der Waals surface area contributed by atoms with Gasteiger partial charge < -0.3 is 19.7 Å². The molecule has 1 aromatic rings. The second-order valence-electron chi connectivity index (χ2n) is 5.06. The highest BCUT2D eigenvalue weighted by Gasteiger charge is 2.30. The molecular formula is C15H19FN2O4. The molecule has 120 valence electrons. The quantitative estimate of drug-likeness (QED) is 0.844. The number of hydrogen-bond acceptors (Lipinski definition) is 4. The van der Waals surface area contributed by atoms with Gasteiger partial charge in [-0.2, -0.15) is 0 Å². The lowest BCUT2D eigenvalue weighted by Gasteiger charge is -2.16. The summed E-state index contributed by atoms with van der Waals surface area (Å²) < 4.78 is 23.4. The van der Waals surface area contributed by atoms with Gasteiger partial charge in [-0.3, -0.25) is 9.59 Å². The SMILES string of the molecule is COCCN1C[C@H](NC(=O)c2ccc(OC)c(F)c2)CC1=O. The van der Waals surface area contributed by atoms with Crippen LogP contribution in [0.15, 0.2) is 18.2 Å². The predicted octanol–water partition coefficient (Wildman–Crippen LogP) is 0.811. The largest absolute Gasteiger partial charge is 0.494 e. The molecular weight excluding hydrogens is 291 g/mol. The number of hydrogen-bond donors (Lipinski definition) is 1. The van der Waals surface area contributed by atoms with E-state index >= 15 is 0 Å². The van der Waals surface area contributed by atoms with Gasteiger partial charge in [-0.25, -0.2) is 4.39 Å². The Kier molecular flexibility index (Phi) is 5.32. The van der Waals surface area contributed by atoms with Crippen molar-refractivity contribution in [2.24, 2.45) is 0 Å². The molecule has 22 heavy (non-hydrogen) atoms. The van der Waals surface area contributed by atoms with Crippen LogP contribution in [0, 0.1) is 5.82 Å². The van der Waals surface area contributed by atoms with Crippen LogP contribution in [0.5, 0.6) is 5.75 Å². The molecule has 0 spiro atoms. The predicted molar refractivity (Wildman–Crippen MR) is 77.3 cm³/mol. The van der Waals surface area contributed by atoms with Crippen LogP contribution in [0.1, 0.15) is 16.8 Å². The molecule has 1 N–H and O–H groups in total. The van der Waals surface area contributed by atoms with E-state index in [0.29, 0.717) is 19.7 Å². The number of ether oxygens (including phenoxy) is 2. The normalized spacial score (nSPS) is 17.7. The van der Waals surface area contributed by atoms with Gasteiger partial charge in [-0.05, 0) is 18.2 Å². The van der Waals surface area contributed by atoms with Crippen LogP contribution in [-0.4, -0.2) is 56.7 Å². The van der Waals surface area contributed by atoms with Gasteiger partial charge in [0.2, 0.25) is 5.91 Å². The number of likely N-dealkylation sites (tertiary alicyclic amines) is 1. The lowest BCUT2D eigenvalue weighted by atomic mass is 10.1. The number of methoxy groups -OCH3 is 2. The van der Waals surface area contributed by atoms with E-state index in [0.717, 1.165) is 6.07 Å². The van der Waals surface area contributed by atoms with Crippen molar-refractivity contribution in [1.82, 2.24) is 10.2 Å². The second kappa shape index (κ2) is 7.22. The van der Waals surface area contributed by atoms with Crippen LogP contribution < -0.4 is 10.1 Å². The Bertz CT molecular complexity index is 564. The van der Waals surface area contributed by atoms with Gasteiger partial charge in [0.05, 0.1) is 19.8 Å². The van der Waals surface area contributed by atoms with Crippen molar-refractivity contribution in [2.45, 2.75) is 12.5 Å². The summed E-state index contributed by atoms with van der Waals surface area (Å²) in [5.74, 6) is -0.950. The van der Waals surface area contributed by atoms with E-state index < -0.39 is 11.7 Å². The van der Waals surface area contributed by atoms with E-state index in [-0.39, 0.29) is 29.7 Å². The monoisotopic (exact) mass is 310 g/mol. The first-order valence-electron chi connectivity index (χ1n) is 6.96. The smallest absolute Gasteiger partial charge is 0.251 e. The Balaban J connectivity index is 1.95. The van der Waals surface area contributed by atoms with Crippen molar-refractivity contribution in [3.8, 4) is 5.75 Å². The maximum absolute atomic E-state index is 13.6. The van der Waals surface area contributed by atoms with E-state index in [1.807, 2.05) is 0 Å². The Labute approximate surface area is 128 Å². The van der Waals surface area contributed by atoms with Gasteiger partial charge in [0.15, 0.2) is 11.6 Å². The van der Waals surface area contributed by atoms with E-state index in [1.54, 1.807) is 12.0 Å². The molecule has 0 unspecified atom stereocenters. The second-order valence-corrected chi connectivity index (χ2v) is 5.06. The average molecular weight is 310 g/mol. The lowest BCUT2D eigenvalue weighted by molar-refractivity contribution is -0.128. The van der Waals surface area contributed by atoms with E-state index in [1.165, 1.54) is 19.2 Å². The van der Waals surface area contributed by atoms with Crippen LogP contribution in [0.3, 0.4) is 0 Å². The molecule has 2 amide bonds. The number of rotatable bonds is 6. The fraction of sp³-hybridized carbons (Fsp3) is 0.467. The van der Waals surface area contributed by atoms with Crippen LogP contribution in [-0.2, 0) is 9.53 Å². The molecule has 1 fully saturated rings. The van der Waals surface area contributed by atoms with E-state index in [9.17, 15) is 14.0 Å². The third-order valence-corrected chi connectivity index (χ3v) is 3.53. The summed E-state index contributed by atoms with van der Waals surface area (Å²) in [5.41, 5.74) is 0.195. The molecule has 0 aliphatic carbocycles. The maximum Gasteiger partial charge on any atom is 0.251 e. The van der Waals surface area contributed by atoms with Crippen molar-refractivity contribution in [3.05, 3.63) is 29.6 Å². The molecule has 1 saturated heterocycles. The average Bonchev–Trinajstić information content (AvgIpc) is 2.84. The molecule has 0 radical (unpaired) electrons. The van der Waals surface area contributed by atoms with Crippen molar-refractivity contribution in [1.29, 1.82) is 0 Å². The number of nitrogens with zero attached hydrogens (tertiary/aromatic N) is 1. The van der Waals surface area contributed by atoms with Gasteiger partial charge in [0, 0.05) is 32.2 Å². The summed E-state index contributed by atoms with van der Waals surface area (Å²) in [6.07, 6.45) is 0.244. The van der Waals surface area contributed by atoms with Crippen molar-refractivity contribution >= 4 is 11.8 Å². The zero-order valence-electron chi connectivity index (χ0n) is 12.6. The highest BCUT2D eigenvalue weighted by molar-refractivity contribution is 5.95. The highest BCUT2D eigenvalue weighted by atomic mass is 19.1. The van der Waals surface area contributed by atoms with E-state index in [4.69, 9.17) is 9.47 Å². The van der Waals surface area contributed by atoms with Crippen LogP contribution >= 0.6 is 0 Å². The Morgan fingerprint density at radius 1 is 1.45 bits per heavy atom. The molecule has 1 aromatic carbocycles. The number of halogens is 1. The minimum atomic E-state index is -0.598. The van der Waals surface area contributed by atoms with Crippen molar-refractivity contribution < 1.29 is 23.5 Å². The number of carbonyl (C=O) groups is 2. The van der Waals surface area contributed by atoms with Crippen LogP contribution in [0.25, 0.3) is 0 Å². The molecule has 1 aliphatic rings. The molecule has 1 atom stereocenters. The minimum absolute atomic E-state index is 0.0248. The van der Waals surface area contributed by atoms with Crippen LogP contribution in [0.2, 0.25) is 0 Å². The number of benzene rings is 1. The first kappa shape index (κ1) is 16.2. The van der Waals surface area contributed by atoms with Crippen molar-refractivity contribution in [2.75, 3.05) is 33.9 Å². The van der Waals surface area contributed by atoms with Gasteiger partial charge in [-0.15, -0.1) is 0 Å². The third-order valence-electron chi connectivity index (χ3n) is 3.53.